The quantitative estimate of drug-likeness (QED) is 0.887. The minimum Gasteiger partial charge on any atom is -0.469 e. The Kier molecular flexibility index (Phi) is 4.89. The third kappa shape index (κ3) is 2.76. The highest BCUT2D eigenvalue weighted by atomic mass is 35.5. The average Bonchev–Trinajstić information content (AvgIpc) is 3.04. The van der Waals surface area contributed by atoms with Crippen LogP contribution in [0, 0.1) is 0 Å². The van der Waals surface area contributed by atoms with Crippen molar-refractivity contribution in [3.05, 3.63) is 40.1 Å². The van der Waals surface area contributed by atoms with E-state index in [1.807, 2.05) is 31.5 Å². The third-order valence-electron chi connectivity index (χ3n) is 3.54. The van der Waals surface area contributed by atoms with Gasteiger partial charge in [0.2, 0.25) is 0 Å². The van der Waals surface area contributed by atoms with Crippen LogP contribution in [0.5, 0.6) is 0 Å². The Morgan fingerprint density at radius 1 is 1.35 bits per heavy atom. The van der Waals surface area contributed by atoms with Crippen molar-refractivity contribution in [1.29, 1.82) is 0 Å². The van der Waals surface area contributed by atoms with Gasteiger partial charge < -0.3 is 9.52 Å². The van der Waals surface area contributed by atoms with Crippen LogP contribution in [-0.2, 0) is 25.8 Å². The van der Waals surface area contributed by atoms with E-state index >= 15 is 0 Å². The molecular formula is C15H21ClN2O2. The first-order valence-corrected chi connectivity index (χ1v) is 7.48. The van der Waals surface area contributed by atoms with Crippen LogP contribution in [-0.4, -0.2) is 14.9 Å². The van der Waals surface area contributed by atoms with Crippen molar-refractivity contribution in [3.63, 3.8) is 0 Å². The molecule has 1 unspecified atom stereocenters. The summed E-state index contributed by atoms with van der Waals surface area (Å²) in [5.74, 6) is 0.826. The zero-order valence-corrected chi connectivity index (χ0v) is 12.9. The van der Waals surface area contributed by atoms with E-state index in [4.69, 9.17) is 16.0 Å². The Bertz CT molecular complexity index is 574. The lowest BCUT2D eigenvalue weighted by Gasteiger charge is -2.12. The van der Waals surface area contributed by atoms with Gasteiger partial charge in [-0.05, 0) is 19.4 Å². The van der Waals surface area contributed by atoms with Gasteiger partial charge in [-0.25, -0.2) is 0 Å². The summed E-state index contributed by atoms with van der Waals surface area (Å²) in [7, 11) is 0. The molecule has 4 nitrogen and oxygen atoms in total. The topological polar surface area (TPSA) is 51.2 Å². The predicted octanol–water partition coefficient (Wildman–Crippen LogP) is 3.55. The zero-order valence-electron chi connectivity index (χ0n) is 12.2. The van der Waals surface area contributed by atoms with E-state index in [1.165, 1.54) is 0 Å². The van der Waals surface area contributed by atoms with Crippen molar-refractivity contribution in [2.24, 2.45) is 0 Å². The maximum Gasteiger partial charge on any atom is 0.109 e. The highest BCUT2D eigenvalue weighted by Gasteiger charge is 2.21. The van der Waals surface area contributed by atoms with Crippen molar-refractivity contribution in [2.45, 2.75) is 52.7 Å². The second-order valence-corrected chi connectivity index (χ2v) is 5.13. The predicted molar refractivity (Wildman–Crippen MR) is 79.0 cm³/mol. The number of hydrogen-bond acceptors (Lipinski definition) is 3. The maximum absolute atomic E-state index is 10.4. The Balaban J connectivity index is 2.27. The Labute approximate surface area is 124 Å². The van der Waals surface area contributed by atoms with Crippen LogP contribution < -0.4 is 0 Å². The van der Waals surface area contributed by atoms with E-state index in [1.54, 1.807) is 6.26 Å². The van der Waals surface area contributed by atoms with Gasteiger partial charge in [0.15, 0.2) is 0 Å². The van der Waals surface area contributed by atoms with E-state index in [-0.39, 0.29) is 0 Å². The van der Waals surface area contributed by atoms with Crippen LogP contribution in [0.25, 0.3) is 0 Å². The van der Waals surface area contributed by atoms with Crippen molar-refractivity contribution in [2.75, 3.05) is 0 Å². The van der Waals surface area contributed by atoms with Crippen LogP contribution >= 0.6 is 11.6 Å². The van der Waals surface area contributed by atoms with Crippen LogP contribution in [0.3, 0.4) is 0 Å². The molecule has 0 aliphatic carbocycles. The monoisotopic (exact) mass is 296 g/mol. The Morgan fingerprint density at radius 3 is 2.70 bits per heavy atom. The van der Waals surface area contributed by atoms with Gasteiger partial charge in [-0.3, -0.25) is 4.68 Å². The summed E-state index contributed by atoms with van der Waals surface area (Å²) in [6, 6.07) is 1.82. The van der Waals surface area contributed by atoms with Crippen molar-refractivity contribution in [1.82, 2.24) is 9.78 Å². The molecule has 2 aromatic heterocycles. The molecule has 0 radical (unpaired) electrons. The van der Waals surface area contributed by atoms with E-state index in [2.05, 4.69) is 5.10 Å². The molecule has 0 saturated carbocycles. The first-order valence-electron chi connectivity index (χ1n) is 7.10. The third-order valence-corrected chi connectivity index (χ3v) is 3.98. The molecule has 5 heteroatoms. The van der Waals surface area contributed by atoms with Gasteiger partial charge in [0, 0.05) is 24.9 Å². The minimum atomic E-state index is -0.618. The van der Waals surface area contributed by atoms with E-state index < -0.39 is 6.10 Å². The van der Waals surface area contributed by atoms with Crippen LogP contribution in [0.15, 0.2) is 16.7 Å². The summed E-state index contributed by atoms with van der Waals surface area (Å²) in [5, 5.41) is 15.6. The summed E-state index contributed by atoms with van der Waals surface area (Å²) in [5.41, 5.74) is 2.62. The molecule has 0 aliphatic rings. The van der Waals surface area contributed by atoms with Gasteiger partial charge in [-0.2, -0.15) is 5.10 Å². The second kappa shape index (κ2) is 6.46. The van der Waals surface area contributed by atoms with Gasteiger partial charge >= 0.3 is 0 Å². The van der Waals surface area contributed by atoms with Crippen molar-refractivity contribution >= 4 is 11.6 Å². The number of aliphatic hydroxyl groups is 1. The maximum atomic E-state index is 10.4. The molecule has 20 heavy (non-hydrogen) atoms. The zero-order chi connectivity index (χ0) is 14.7. The normalized spacial score (nSPS) is 12.8. The minimum absolute atomic E-state index is 0.451. The SMILES string of the molecule is CCc1nn(CC)c(CC(O)c2ccoc2CC)c1Cl. The van der Waals surface area contributed by atoms with Gasteiger partial charge in [-0.15, -0.1) is 0 Å². The fourth-order valence-corrected chi connectivity index (χ4v) is 2.79. The largest absolute Gasteiger partial charge is 0.469 e. The van der Waals surface area contributed by atoms with E-state index in [0.717, 1.165) is 42.1 Å². The summed E-state index contributed by atoms with van der Waals surface area (Å²) < 4.78 is 7.24. The first-order chi connectivity index (χ1) is 9.62. The molecule has 2 rings (SSSR count). The van der Waals surface area contributed by atoms with Crippen molar-refractivity contribution < 1.29 is 9.52 Å². The van der Waals surface area contributed by atoms with Crippen molar-refractivity contribution in [3.8, 4) is 0 Å². The van der Waals surface area contributed by atoms with Gasteiger partial charge in [0.05, 0.1) is 28.8 Å². The van der Waals surface area contributed by atoms with E-state index in [0.29, 0.717) is 11.4 Å². The molecule has 2 aromatic rings. The molecule has 1 atom stereocenters. The van der Waals surface area contributed by atoms with Gasteiger partial charge in [-0.1, -0.05) is 25.4 Å². The number of aryl methyl sites for hydroxylation is 3. The fraction of sp³-hybridized carbons (Fsp3) is 0.533. The lowest BCUT2D eigenvalue weighted by molar-refractivity contribution is 0.173. The highest BCUT2D eigenvalue weighted by molar-refractivity contribution is 6.31. The second-order valence-electron chi connectivity index (χ2n) is 4.75. The molecule has 0 saturated heterocycles. The Hall–Kier alpha value is -1.26. The molecule has 0 amide bonds. The molecule has 1 N–H and O–H groups in total. The van der Waals surface area contributed by atoms with Gasteiger partial charge in [0.25, 0.3) is 0 Å². The molecular weight excluding hydrogens is 276 g/mol. The highest BCUT2D eigenvalue weighted by Crippen LogP contribution is 2.28. The number of hydrogen-bond donors (Lipinski definition) is 1. The molecule has 2 heterocycles. The Morgan fingerprint density at radius 2 is 2.10 bits per heavy atom. The summed E-state index contributed by atoms with van der Waals surface area (Å²) in [6.45, 7) is 6.80. The molecule has 0 aromatic carbocycles. The van der Waals surface area contributed by atoms with Crippen LogP contribution in [0.1, 0.15) is 49.6 Å². The van der Waals surface area contributed by atoms with Crippen LogP contribution in [0.4, 0.5) is 0 Å². The fourth-order valence-electron chi connectivity index (χ4n) is 2.44. The molecule has 0 aliphatic heterocycles. The summed E-state index contributed by atoms with van der Waals surface area (Å²) >= 11 is 6.37. The number of nitrogens with zero attached hydrogens (tertiary/aromatic N) is 2. The standard InChI is InChI=1S/C15H21ClN2O2/c1-4-11-15(16)12(18(6-3)17-11)9-13(19)10-7-8-20-14(10)5-2/h7-8,13,19H,4-6,9H2,1-3H3. The number of aliphatic hydroxyl groups excluding tert-OH is 1. The van der Waals surface area contributed by atoms with E-state index in [9.17, 15) is 5.11 Å². The first kappa shape index (κ1) is 15.1. The smallest absolute Gasteiger partial charge is 0.109 e. The lowest BCUT2D eigenvalue weighted by atomic mass is 10.0. The molecule has 110 valence electrons. The summed E-state index contributed by atoms with van der Waals surface area (Å²) in [6.07, 6.45) is 3.01. The lowest BCUT2D eigenvalue weighted by Crippen LogP contribution is -2.09. The number of aromatic nitrogens is 2. The number of furan rings is 1. The number of rotatable bonds is 6. The number of halogens is 1. The van der Waals surface area contributed by atoms with Gasteiger partial charge in [0.1, 0.15) is 5.76 Å². The summed E-state index contributed by atoms with van der Waals surface area (Å²) in [4.78, 5) is 0. The van der Waals surface area contributed by atoms with Crippen LogP contribution in [0.2, 0.25) is 5.02 Å². The molecule has 0 fully saturated rings. The molecule has 0 bridgehead atoms. The molecule has 0 spiro atoms. The average molecular weight is 297 g/mol.